The van der Waals surface area contributed by atoms with Crippen LogP contribution < -0.4 is 5.32 Å². The van der Waals surface area contributed by atoms with Gasteiger partial charge in [0.25, 0.3) is 10.0 Å². The first kappa shape index (κ1) is 13.1. The number of nitrogens with zero attached hydrogens (tertiary/aromatic N) is 2. The third kappa shape index (κ3) is 2.75. The number of sulfonamides is 1. The van der Waals surface area contributed by atoms with Crippen LogP contribution in [0.15, 0.2) is 0 Å². The molecule has 0 bridgehead atoms. The number of nitrogens with one attached hydrogen (secondary N) is 1. The van der Waals surface area contributed by atoms with Gasteiger partial charge in [-0.15, -0.1) is 0 Å². The van der Waals surface area contributed by atoms with Gasteiger partial charge in [0.05, 0.1) is 0 Å². The van der Waals surface area contributed by atoms with Crippen molar-refractivity contribution in [3.05, 3.63) is 0 Å². The van der Waals surface area contributed by atoms with Crippen LogP contribution in [-0.2, 0) is 10.0 Å². The van der Waals surface area contributed by atoms with Crippen LogP contribution in [0.2, 0.25) is 0 Å². The Balaban J connectivity index is 1.89. The lowest BCUT2D eigenvalue weighted by molar-refractivity contribution is 0.137. The van der Waals surface area contributed by atoms with Gasteiger partial charge in [0.1, 0.15) is 0 Å². The van der Waals surface area contributed by atoms with E-state index in [0.29, 0.717) is 19.1 Å². The number of rotatable bonds is 3. The Morgan fingerprint density at radius 3 is 2.29 bits per heavy atom. The Morgan fingerprint density at radius 1 is 1.18 bits per heavy atom. The molecule has 1 unspecified atom stereocenters. The molecule has 2 fully saturated rings. The quantitative estimate of drug-likeness (QED) is 0.752. The molecular weight excluding hydrogens is 252 g/mol. The van der Waals surface area contributed by atoms with Crippen molar-refractivity contribution < 1.29 is 17.2 Å². The van der Waals surface area contributed by atoms with Crippen molar-refractivity contribution in [1.82, 2.24) is 14.5 Å². The lowest BCUT2D eigenvalue weighted by atomic mass is 10.2. The fourth-order valence-electron chi connectivity index (χ4n) is 2.39. The summed E-state index contributed by atoms with van der Waals surface area (Å²) in [6.45, 7) is 3.30. The molecule has 1 N–H and O–H groups in total. The van der Waals surface area contributed by atoms with E-state index < -0.39 is 15.8 Å². The summed E-state index contributed by atoms with van der Waals surface area (Å²) < 4.78 is 48.1. The van der Waals surface area contributed by atoms with E-state index in [9.17, 15) is 17.2 Å². The third-order valence-corrected chi connectivity index (χ3v) is 4.94. The van der Waals surface area contributed by atoms with Crippen LogP contribution in [0.1, 0.15) is 6.42 Å². The van der Waals surface area contributed by atoms with E-state index in [2.05, 4.69) is 10.2 Å². The Bertz CT molecular complexity index is 349. The number of hydrogen-bond acceptors (Lipinski definition) is 4. The molecule has 0 aromatic rings. The first-order chi connectivity index (χ1) is 8.01. The number of alkyl halides is 2. The molecule has 0 aliphatic carbocycles. The largest absolute Gasteiger partial charge is 0.350 e. The van der Waals surface area contributed by atoms with Gasteiger partial charge in [-0.3, -0.25) is 4.90 Å². The van der Waals surface area contributed by atoms with Gasteiger partial charge in [-0.25, -0.2) is 8.42 Å². The highest BCUT2D eigenvalue weighted by Gasteiger charge is 2.35. The molecule has 0 spiro atoms. The highest BCUT2D eigenvalue weighted by atomic mass is 32.2. The van der Waals surface area contributed by atoms with Crippen molar-refractivity contribution in [3.63, 3.8) is 0 Å². The van der Waals surface area contributed by atoms with Crippen LogP contribution in [0.4, 0.5) is 8.78 Å². The molecule has 17 heavy (non-hydrogen) atoms. The Hall–Kier alpha value is -0.310. The van der Waals surface area contributed by atoms with Gasteiger partial charge in [-0.2, -0.15) is 13.1 Å². The SMILES string of the molecule is O=S(=O)(C(F)F)N1CCN(C2CCNC2)CC1. The molecule has 2 aliphatic rings. The van der Waals surface area contributed by atoms with Gasteiger partial charge in [0, 0.05) is 38.8 Å². The molecule has 8 heteroatoms. The van der Waals surface area contributed by atoms with E-state index in [1.807, 2.05) is 0 Å². The van der Waals surface area contributed by atoms with Crippen molar-refractivity contribution in [3.8, 4) is 0 Å². The Labute approximate surface area is 99.8 Å². The maximum atomic E-state index is 12.3. The van der Waals surface area contributed by atoms with Crippen LogP contribution in [0.3, 0.4) is 0 Å². The van der Waals surface area contributed by atoms with Gasteiger partial charge in [0.15, 0.2) is 0 Å². The molecule has 5 nitrogen and oxygen atoms in total. The lowest BCUT2D eigenvalue weighted by Crippen LogP contribution is -2.53. The average molecular weight is 269 g/mol. The van der Waals surface area contributed by atoms with E-state index in [1.165, 1.54) is 0 Å². The molecule has 0 saturated carbocycles. The Morgan fingerprint density at radius 2 is 1.82 bits per heavy atom. The van der Waals surface area contributed by atoms with Crippen molar-refractivity contribution in [2.75, 3.05) is 39.3 Å². The maximum absolute atomic E-state index is 12.3. The second-order valence-electron chi connectivity index (χ2n) is 4.39. The van der Waals surface area contributed by atoms with Crippen LogP contribution in [0, 0.1) is 0 Å². The van der Waals surface area contributed by atoms with Crippen LogP contribution in [-0.4, -0.2) is 68.7 Å². The molecule has 0 aromatic heterocycles. The van der Waals surface area contributed by atoms with Crippen molar-refractivity contribution in [2.24, 2.45) is 0 Å². The summed E-state index contributed by atoms with van der Waals surface area (Å²) in [7, 11) is -4.39. The van der Waals surface area contributed by atoms with Crippen molar-refractivity contribution in [2.45, 2.75) is 18.2 Å². The molecule has 100 valence electrons. The molecule has 2 saturated heterocycles. The first-order valence-electron chi connectivity index (χ1n) is 5.73. The minimum absolute atomic E-state index is 0.170. The smallest absolute Gasteiger partial charge is 0.315 e. The normalized spacial score (nSPS) is 29.0. The van der Waals surface area contributed by atoms with Crippen molar-refractivity contribution >= 4 is 10.0 Å². The second-order valence-corrected chi connectivity index (χ2v) is 6.29. The Kier molecular flexibility index (Phi) is 3.96. The number of halogens is 2. The summed E-state index contributed by atoms with van der Waals surface area (Å²) in [6.07, 6.45) is 1.04. The van der Waals surface area contributed by atoms with Crippen LogP contribution in [0.5, 0.6) is 0 Å². The van der Waals surface area contributed by atoms with Gasteiger partial charge in [-0.05, 0) is 13.0 Å². The summed E-state index contributed by atoms with van der Waals surface area (Å²) in [6, 6.07) is 0.423. The summed E-state index contributed by atoms with van der Waals surface area (Å²) in [5, 5.41) is 3.24. The first-order valence-corrected chi connectivity index (χ1v) is 7.24. The van der Waals surface area contributed by atoms with Gasteiger partial charge >= 0.3 is 5.76 Å². The van der Waals surface area contributed by atoms with E-state index in [-0.39, 0.29) is 13.1 Å². The van der Waals surface area contributed by atoms with E-state index >= 15 is 0 Å². The minimum atomic E-state index is -4.39. The van der Waals surface area contributed by atoms with E-state index in [4.69, 9.17) is 0 Å². The lowest BCUT2D eigenvalue weighted by Gasteiger charge is -2.36. The summed E-state index contributed by atoms with van der Waals surface area (Å²) >= 11 is 0. The maximum Gasteiger partial charge on any atom is 0.350 e. The van der Waals surface area contributed by atoms with Crippen molar-refractivity contribution in [1.29, 1.82) is 0 Å². The monoisotopic (exact) mass is 269 g/mol. The fraction of sp³-hybridized carbons (Fsp3) is 1.00. The zero-order chi connectivity index (χ0) is 12.5. The zero-order valence-corrected chi connectivity index (χ0v) is 10.3. The van der Waals surface area contributed by atoms with Crippen LogP contribution >= 0.6 is 0 Å². The van der Waals surface area contributed by atoms with Crippen LogP contribution in [0.25, 0.3) is 0 Å². The van der Waals surface area contributed by atoms with E-state index in [0.717, 1.165) is 23.8 Å². The molecule has 0 amide bonds. The standard InChI is InChI=1S/C9H17F2N3O2S/c10-9(11)17(15,16)14-5-3-13(4-6-14)8-1-2-12-7-8/h8-9,12H,1-7H2. The average Bonchev–Trinajstić information content (AvgIpc) is 2.82. The highest BCUT2D eigenvalue weighted by Crippen LogP contribution is 2.17. The van der Waals surface area contributed by atoms with Gasteiger partial charge in [0.2, 0.25) is 0 Å². The number of piperazine rings is 1. The predicted octanol–water partition coefficient (Wildman–Crippen LogP) is -0.482. The molecular formula is C9H17F2N3O2S. The highest BCUT2D eigenvalue weighted by molar-refractivity contribution is 7.89. The molecule has 0 aromatic carbocycles. The van der Waals surface area contributed by atoms with Gasteiger partial charge in [-0.1, -0.05) is 0 Å². The van der Waals surface area contributed by atoms with Gasteiger partial charge < -0.3 is 5.32 Å². The molecule has 2 rings (SSSR count). The third-order valence-electron chi connectivity index (χ3n) is 3.41. The molecule has 2 heterocycles. The zero-order valence-electron chi connectivity index (χ0n) is 9.48. The molecule has 1 atom stereocenters. The summed E-state index contributed by atoms with van der Waals surface area (Å²) in [5.41, 5.74) is 0. The minimum Gasteiger partial charge on any atom is -0.315 e. The number of hydrogen-bond donors (Lipinski definition) is 1. The molecule has 0 radical (unpaired) electrons. The fourth-order valence-corrected chi connectivity index (χ4v) is 3.28. The summed E-state index contributed by atoms with van der Waals surface area (Å²) in [4.78, 5) is 2.18. The van der Waals surface area contributed by atoms with E-state index in [1.54, 1.807) is 0 Å². The molecule has 2 aliphatic heterocycles. The topological polar surface area (TPSA) is 52.7 Å². The second kappa shape index (κ2) is 5.13. The summed E-state index contributed by atoms with van der Waals surface area (Å²) in [5.74, 6) is -3.30. The predicted molar refractivity (Wildman–Crippen MR) is 59.3 cm³/mol.